The number of nitrogens with zero attached hydrogens (tertiary/aromatic N) is 2. The van der Waals surface area contributed by atoms with Crippen molar-refractivity contribution in [2.45, 2.75) is 56.5 Å². The number of hydrogen-bond acceptors (Lipinski definition) is 2. The number of hydrogen-bond donors (Lipinski definition) is 1. The Morgan fingerprint density at radius 3 is 2.63 bits per heavy atom. The summed E-state index contributed by atoms with van der Waals surface area (Å²) in [7, 11) is 0. The van der Waals surface area contributed by atoms with Crippen LogP contribution in [0.15, 0.2) is 24.3 Å². The molecule has 1 aromatic carbocycles. The molecule has 0 saturated heterocycles. The average Bonchev–Trinajstić information content (AvgIpc) is 3.19. The van der Waals surface area contributed by atoms with E-state index in [1.54, 1.807) is 0 Å². The number of rotatable bonds is 2. The Morgan fingerprint density at radius 1 is 1.05 bits per heavy atom. The van der Waals surface area contributed by atoms with E-state index in [0.717, 1.165) is 11.9 Å². The third kappa shape index (κ3) is 1.88. The lowest BCUT2D eigenvalue weighted by Crippen LogP contribution is -2.33. The van der Waals surface area contributed by atoms with Gasteiger partial charge in [0.15, 0.2) is 0 Å². The molecule has 4 rings (SSSR count). The van der Waals surface area contributed by atoms with Crippen LogP contribution >= 0.6 is 0 Å². The predicted molar refractivity (Wildman–Crippen MR) is 77.2 cm³/mol. The molecule has 2 saturated carbocycles. The second kappa shape index (κ2) is 4.34. The molecule has 1 heterocycles. The summed E-state index contributed by atoms with van der Waals surface area (Å²) in [6.07, 6.45) is 7.54. The largest absolute Gasteiger partial charge is 0.327 e. The van der Waals surface area contributed by atoms with Gasteiger partial charge in [-0.05, 0) is 37.8 Å². The van der Waals surface area contributed by atoms with Crippen molar-refractivity contribution in [3.63, 3.8) is 0 Å². The summed E-state index contributed by atoms with van der Waals surface area (Å²) >= 11 is 0. The van der Waals surface area contributed by atoms with Crippen LogP contribution in [-0.4, -0.2) is 15.6 Å². The Morgan fingerprint density at radius 2 is 1.84 bits per heavy atom. The predicted octanol–water partition coefficient (Wildman–Crippen LogP) is 3.36. The van der Waals surface area contributed by atoms with Crippen molar-refractivity contribution in [2.75, 3.05) is 0 Å². The van der Waals surface area contributed by atoms with Crippen molar-refractivity contribution in [3.05, 3.63) is 30.1 Å². The summed E-state index contributed by atoms with van der Waals surface area (Å²) in [6, 6.07) is 9.51. The number of nitrogens with two attached hydrogens (primary N) is 1. The van der Waals surface area contributed by atoms with E-state index in [4.69, 9.17) is 10.7 Å². The van der Waals surface area contributed by atoms with Gasteiger partial charge in [0.1, 0.15) is 5.82 Å². The normalized spacial score (nSPS) is 27.8. The number of imidazole rings is 1. The van der Waals surface area contributed by atoms with Crippen LogP contribution in [0.1, 0.15) is 56.3 Å². The van der Waals surface area contributed by atoms with Crippen LogP contribution in [0.3, 0.4) is 0 Å². The second-order valence-corrected chi connectivity index (χ2v) is 6.11. The monoisotopic (exact) mass is 255 g/mol. The Kier molecular flexibility index (Phi) is 2.62. The minimum Gasteiger partial charge on any atom is -0.327 e. The third-order valence-corrected chi connectivity index (χ3v) is 4.69. The van der Waals surface area contributed by atoms with E-state index in [9.17, 15) is 0 Å². The zero-order chi connectivity index (χ0) is 12.8. The van der Waals surface area contributed by atoms with Crippen molar-refractivity contribution in [1.82, 2.24) is 9.55 Å². The maximum Gasteiger partial charge on any atom is 0.114 e. The molecule has 0 amide bonds. The molecule has 0 spiro atoms. The quantitative estimate of drug-likeness (QED) is 0.894. The smallest absolute Gasteiger partial charge is 0.114 e. The van der Waals surface area contributed by atoms with Gasteiger partial charge in [0.05, 0.1) is 11.0 Å². The molecular formula is C16H21N3. The van der Waals surface area contributed by atoms with Gasteiger partial charge in [-0.2, -0.15) is 0 Å². The summed E-state index contributed by atoms with van der Waals surface area (Å²) in [5.41, 5.74) is 8.81. The van der Waals surface area contributed by atoms with E-state index in [-0.39, 0.29) is 0 Å². The van der Waals surface area contributed by atoms with Gasteiger partial charge < -0.3 is 10.3 Å². The number of para-hydroxylation sites is 2. The molecular weight excluding hydrogens is 234 g/mol. The van der Waals surface area contributed by atoms with Crippen molar-refractivity contribution in [3.8, 4) is 0 Å². The lowest BCUT2D eigenvalue weighted by molar-refractivity contribution is 0.365. The number of aromatic nitrogens is 2. The highest BCUT2D eigenvalue weighted by Gasteiger charge is 2.33. The van der Waals surface area contributed by atoms with E-state index in [0.29, 0.717) is 18.0 Å². The Hall–Kier alpha value is -1.35. The maximum atomic E-state index is 6.37. The highest BCUT2D eigenvalue weighted by atomic mass is 15.1. The zero-order valence-electron chi connectivity index (χ0n) is 11.3. The Labute approximate surface area is 113 Å². The first-order valence-corrected chi connectivity index (χ1v) is 7.57. The van der Waals surface area contributed by atoms with Gasteiger partial charge in [-0.1, -0.05) is 25.0 Å². The average molecular weight is 255 g/mol. The van der Waals surface area contributed by atoms with Gasteiger partial charge in [-0.15, -0.1) is 0 Å². The van der Waals surface area contributed by atoms with Crippen LogP contribution in [0.4, 0.5) is 0 Å². The van der Waals surface area contributed by atoms with E-state index >= 15 is 0 Å². The lowest BCUT2D eigenvalue weighted by Gasteiger charge is -2.28. The van der Waals surface area contributed by atoms with E-state index < -0.39 is 0 Å². The molecule has 100 valence electrons. The summed E-state index contributed by atoms with van der Waals surface area (Å²) in [6.45, 7) is 0. The molecule has 2 unspecified atom stereocenters. The lowest BCUT2D eigenvalue weighted by atomic mass is 9.84. The molecule has 2 aliphatic carbocycles. The van der Waals surface area contributed by atoms with Crippen LogP contribution in [0.25, 0.3) is 11.0 Å². The fourth-order valence-electron chi connectivity index (χ4n) is 3.52. The second-order valence-electron chi connectivity index (χ2n) is 6.11. The van der Waals surface area contributed by atoms with Crippen LogP contribution in [-0.2, 0) is 0 Å². The molecule has 0 aliphatic heterocycles. The topological polar surface area (TPSA) is 43.8 Å². The zero-order valence-corrected chi connectivity index (χ0v) is 11.3. The van der Waals surface area contributed by atoms with E-state index in [2.05, 4.69) is 28.8 Å². The summed E-state index contributed by atoms with van der Waals surface area (Å²) in [5, 5.41) is 0. The molecule has 2 N–H and O–H groups in total. The van der Waals surface area contributed by atoms with Crippen molar-refractivity contribution >= 4 is 11.0 Å². The molecule has 2 atom stereocenters. The summed E-state index contributed by atoms with van der Waals surface area (Å²) < 4.78 is 2.49. The molecule has 2 aliphatic rings. The van der Waals surface area contributed by atoms with Gasteiger partial charge >= 0.3 is 0 Å². The van der Waals surface area contributed by atoms with Crippen molar-refractivity contribution in [1.29, 1.82) is 0 Å². The van der Waals surface area contributed by atoms with Crippen LogP contribution < -0.4 is 5.73 Å². The summed E-state index contributed by atoms with van der Waals surface area (Å²) in [5.74, 6) is 1.72. The summed E-state index contributed by atoms with van der Waals surface area (Å²) in [4.78, 5) is 4.93. The highest BCUT2D eigenvalue weighted by Crippen LogP contribution is 2.42. The SMILES string of the molecule is NC1CCCCC1c1nc2ccccc2n1C1CC1. The first-order chi connectivity index (χ1) is 9.34. The minimum absolute atomic E-state index is 0.295. The minimum atomic E-state index is 0.295. The van der Waals surface area contributed by atoms with Crippen LogP contribution in [0, 0.1) is 0 Å². The van der Waals surface area contributed by atoms with Crippen molar-refractivity contribution in [2.24, 2.45) is 5.73 Å². The number of benzene rings is 1. The van der Waals surface area contributed by atoms with Gasteiger partial charge in [0.25, 0.3) is 0 Å². The van der Waals surface area contributed by atoms with Crippen LogP contribution in [0.5, 0.6) is 0 Å². The van der Waals surface area contributed by atoms with E-state index in [1.807, 2.05) is 0 Å². The maximum absolute atomic E-state index is 6.37. The molecule has 3 heteroatoms. The Balaban J connectivity index is 1.85. The van der Waals surface area contributed by atoms with Gasteiger partial charge in [-0.25, -0.2) is 4.98 Å². The Bertz CT molecular complexity index is 597. The first-order valence-electron chi connectivity index (χ1n) is 7.57. The fourth-order valence-corrected chi connectivity index (χ4v) is 3.52. The molecule has 2 fully saturated rings. The van der Waals surface area contributed by atoms with Gasteiger partial charge in [0.2, 0.25) is 0 Å². The number of fused-ring (bicyclic) bond motifs is 1. The molecule has 1 aromatic heterocycles. The molecule has 19 heavy (non-hydrogen) atoms. The first kappa shape index (κ1) is 11.5. The van der Waals surface area contributed by atoms with Crippen molar-refractivity contribution < 1.29 is 0 Å². The van der Waals surface area contributed by atoms with Gasteiger partial charge in [0, 0.05) is 18.0 Å². The van der Waals surface area contributed by atoms with E-state index in [1.165, 1.54) is 43.4 Å². The molecule has 2 aromatic rings. The highest BCUT2D eigenvalue weighted by molar-refractivity contribution is 5.76. The standard InChI is InChI=1S/C16H21N3/c17-13-6-2-1-5-12(13)16-18-14-7-3-4-8-15(14)19(16)11-9-10-11/h3-4,7-8,11-13H,1-2,5-6,9-10,17H2. The fraction of sp³-hybridized carbons (Fsp3) is 0.562. The van der Waals surface area contributed by atoms with Crippen LogP contribution in [0.2, 0.25) is 0 Å². The molecule has 0 radical (unpaired) electrons. The third-order valence-electron chi connectivity index (χ3n) is 4.69. The molecule has 3 nitrogen and oxygen atoms in total. The van der Waals surface area contributed by atoms with Gasteiger partial charge in [-0.3, -0.25) is 0 Å². The molecule has 0 bridgehead atoms.